The molecule has 1 aromatic carbocycles. The van der Waals surface area contributed by atoms with Crippen LogP contribution >= 0.6 is 0 Å². The molecule has 0 heterocycles. The van der Waals surface area contributed by atoms with E-state index >= 15 is 0 Å². The highest BCUT2D eigenvalue weighted by atomic mass is 32.2. The number of nitrogens with zero attached hydrogens (tertiary/aromatic N) is 1. The first-order valence-electron chi connectivity index (χ1n) is 4.98. The Labute approximate surface area is 97.9 Å². The fraction of sp³-hybridized carbons (Fsp3) is 0.455. The summed E-state index contributed by atoms with van der Waals surface area (Å²) >= 11 is 0. The van der Waals surface area contributed by atoms with Gasteiger partial charge in [-0.15, -0.1) is 0 Å². The molecular formula is C11H19NO3S. The van der Waals surface area contributed by atoms with E-state index in [1.165, 1.54) is 30.8 Å². The van der Waals surface area contributed by atoms with E-state index in [9.17, 15) is 13.0 Å². The van der Waals surface area contributed by atoms with Crippen molar-refractivity contribution in [2.75, 3.05) is 27.7 Å². The summed E-state index contributed by atoms with van der Waals surface area (Å²) in [4.78, 5) is -0.185. The van der Waals surface area contributed by atoms with Crippen LogP contribution in [0.2, 0.25) is 0 Å². The molecule has 0 atom stereocenters. The van der Waals surface area contributed by atoms with Crippen LogP contribution in [-0.4, -0.2) is 45.1 Å². The zero-order valence-corrected chi connectivity index (χ0v) is 11.0. The van der Waals surface area contributed by atoms with Gasteiger partial charge in [-0.2, -0.15) is 0 Å². The Kier molecular flexibility index (Phi) is 5.64. The molecule has 0 aliphatic heterocycles. The minimum atomic E-state index is -4.25. The summed E-state index contributed by atoms with van der Waals surface area (Å²) < 4.78 is 31.9. The monoisotopic (exact) mass is 245 g/mol. The van der Waals surface area contributed by atoms with Gasteiger partial charge < -0.3 is 9.04 Å². The van der Waals surface area contributed by atoms with E-state index in [1.807, 2.05) is 0 Å². The summed E-state index contributed by atoms with van der Waals surface area (Å²) in [6.45, 7) is 3.39. The van der Waals surface area contributed by atoms with Crippen LogP contribution in [0.3, 0.4) is 0 Å². The summed E-state index contributed by atoms with van der Waals surface area (Å²) in [5.74, 6) is 0. The van der Waals surface area contributed by atoms with Crippen LogP contribution in [0.4, 0.5) is 0 Å². The lowest BCUT2D eigenvalue weighted by molar-refractivity contribution is -0.868. The molecule has 16 heavy (non-hydrogen) atoms. The van der Waals surface area contributed by atoms with Crippen molar-refractivity contribution in [3.8, 4) is 0 Å². The van der Waals surface area contributed by atoms with Crippen LogP contribution in [0.25, 0.3) is 0 Å². The van der Waals surface area contributed by atoms with Crippen LogP contribution < -0.4 is 0 Å². The minimum absolute atomic E-state index is 0.185. The number of quaternary nitrogens is 1. The number of hydrogen-bond donors (Lipinski definition) is 0. The maximum absolute atomic E-state index is 10.3. The summed E-state index contributed by atoms with van der Waals surface area (Å²) in [5, 5.41) is 0. The van der Waals surface area contributed by atoms with Gasteiger partial charge in [0.25, 0.3) is 0 Å². The zero-order chi connectivity index (χ0) is 12.8. The predicted molar refractivity (Wildman–Crippen MR) is 63.0 cm³/mol. The first-order valence-corrected chi connectivity index (χ1v) is 6.39. The lowest BCUT2D eigenvalue weighted by atomic mass is 10.4. The van der Waals surface area contributed by atoms with E-state index in [0.717, 1.165) is 4.48 Å². The maximum atomic E-state index is 10.3. The Morgan fingerprint density at radius 2 is 1.50 bits per heavy atom. The third-order valence-electron chi connectivity index (χ3n) is 1.98. The molecule has 1 rings (SSSR count). The largest absolute Gasteiger partial charge is 0.744 e. The quantitative estimate of drug-likeness (QED) is 0.583. The topological polar surface area (TPSA) is 57.2 Å². The highest BCUT2D eigenvalue weighted by molar-refractivity contribution is 7.85. The maximum Gasteiger partial charge on any atom is 0.124 e. The summed E-state index contributed by atoms with van der Waals surface area (Å²) in [5.41, 5.74) is 0. The molecule has 0 aliphatic carbocycles. The third kappa shape index (κ3) is 7.39. The Morgan fingerprint density at radius 3 is 1.69 bits per heavy atom. The van der Waals surface area contributed by atoms with Crippen molar-refractivity contribution in [1.29, 1.82) is 0 Å². The highest BCUT2D eigenvalue weighted by Gasteiger charge is 1.97. The minimum Gasteiger partial charge on any atom is -0.744 e. The van der Waals surface area contributed by atoms with Gasteiger partial charge in [0, 0.05) is 0 Å². The van der Waals surface area contributed by atoms with Crippen molar-refractivity contribution < 1.29 is 17.5 Å². The SMILES string of the molecule is CC[N+](C)(C)C.O=S(=O)([O-])c1ccccc1. The van der Waals surface area contributed by atoms with Crippen molar-refractivity contribution in [1.82, 2.24) is 0 Å². The summed E-state index contributed by atoms with van der Waals surface area (Å²) in [6, 6.07) is 7.19. The van der Waals surface area contributed by atoms with Gasteiger partial charge in [-0.3, -0.25) is 0 Å². The van der Waals surface area contributed by atoms with Crippen LogP contribution in [-0.2, 0) is 10.1 Å². The van der Waals surface area contributed by atoms with Gasteiger partial charge in [-0.05, 0) is 19.1 Å². The van der Waals surface area contributed by atoms with E-state index in [1.54, 1.807) is 6.07 Å². The van der Waals surface area contributed by atoms with E-state index < -0.39 is 10.1 Å². The molecule has 4 nitrogen and oxygen atoms in total. The average Bonchev–Trinajstić information content (AvgIpc) is 2.18. The van der Waals surface area contributed by atoms with Crippen molar-refractivity contribution >= 4 is 10.1 Å². The molecule has 0 bridgehead atoms. The Morgan fingerprint density at radius 1 is 1.12 bits per heavy atom. The normalized spacial score (nSPS) is 11.6. The molecule has 0 radical (unpaired) electrons. The molecule has 0 unspecified atom stereocenters. The molecule has 0 saturated carbocycles. The van der Waals surface area contributed by atoms with E-state index in [0.29, 0.717) is 0 Å². The van der Waals surface area contributed by atoms with E-state index in [2.05, 4.69) is 28.1 Å². The molecule has 0 aromatic heterocycles. The third-order valence-corrected chi connectivity index (χ3v) is 2.83. The standard InChI is InChI=1S/C6H6O3S.C5H14N/c7-10(8,9)6-4-2-1-3-5-6;1-5-6(2,3)4/h1-5H,(H,7,8,9);5H2,1-4H3/q;+1/p-1. The smallest absolute Gasteiger partial charge is 0.124 e. The second-order valence-electron chi connectivity index (χ2n) is 4.37. The van der Waals surface area contributed by atoms with E-state index in [-0.39, 0.29) is 4.90 Å². The molecule has 0 aliphatic rings. The molecular weight excluding hydrogens is 226 g/mol. The second-order valence-corrected chi connectivity index (χ2v) is 5.75. The van der Waals surface area contributed by atoms with Crippen molar-refractivity contribution in [3.63, 3.8) is 0 Å². The number of hydrogen-bond acceptors (Lipinski definition) is 3. The Balaban J connectivity index is 0.000000325. The number of rotatable bonds is 2. The summed E-state index contributed by atoms with van der Waals surface area (Å²) in [7, 11) is 2.29. The summed E-state index contributed by atoms with van der Waals surface area (Å²) in [6.07, 6.45) is 0. The van der Waals surface area contributed by atoms with Crippen LogP contribution in [0.5, 0.6) is 0 Å². The fourth-order valence-electron chi connectivity index (χ4n) is 0.587. The number of benzene rings is 1. The lowest BCUT2D eigenvalue weighted by Crippen LogP contribution is -2.33. The molecule has 0 N–H and O–H groups in total. The van der Waals surface area contributed by atoms with Gasteiger partial charge >= 0.3 is 0 Å². The molecule has 5 heteroatoms. The first-order chi connectivity index (χ1) is 7.17. The molecule has 0 saturated heterocycles. The van der Waals surface area contributed by atoms with Gasteiger partial charge in [-0.1, -0.05) is 18.2 Å². The second kappa shape index (κ2) is 5.98. The Bertz CT molecular complexity index is 393. The van der Waals surface area contributed by atoms with Crippen LogP contribution in [0.15, 0.2) is 35.2 Å². The van der Waals surface area contributed by atoms with Gasteiger partial charge in [0.05, 0.1) is 32.6 Å². The van der Waals surface area contributed by atoms with E-state index in [4.69, 9.17) is 0 Å². The molecule has 0 fully saturated rings. The van der Waals surface area contributed by atoms with Gasteiger partial charge in [0.15, 0.2) is 0 Å². The van der Waals surface area contributed by atoms with Crippen molar-refractivity contribution in [3.05, 3.63) is 30.3 Å². The van der Waals surface area contributed by atoms with Crippen LogP contribution in [0, 0.1) is 0 Å². The molecule has 0 amide bonds. The lowest BCUT2D eigenvalue weighted by Gasteiger charge is -2.20. The van der Waals surface area contributed by atoms with Crippen LogP contribution in [0.1, 0.15) is 6.92 Å². The van der Waals surface area contributed by atoms with Crippen molar-refractivity contribution in [2.45, 2.75) is 11.8 Å². The zero-order valence-electron chi connectivity index (χ0n) is 10.2. The first kappa shape index (κ1) is 15.1. The highest BCUT2D eigenvalue weighted by Crippen LogP contribution is 2.04. The molecule has 92 valence electrons. The van der Waals surface area contributed by atoms with Crippen molar-refractivity contribution in [2.24, 2.45) is 0 Å². The Hall–Kier alpha value is -0.910. The molecule has 1 aromatic rings. The van der Waals surface area contributed by atoms with Gasteiger partial charge in [0.2, 0.25) is 0 Å². The fourth-order valence-corrected chi connectivity index (χ4v) is 1.08. The van der Waals surface area contributed by atoms with Gasteiger partial charge in [0.1, 0.15) is 10.1 Å². The van der Waals surface area contributed by atoms with Gasteiger partial charge in [-0.25, -0.2) is 8.42 Å². The average molecular weight is 245 g/mol. The predicted octanol–water partition coefficient (Wildman–Crippen LogP) is 1.30. The molecule has 0 spiro atoms.